The summed E-state index contributed by atoms with van der Waals surface area (Å²) in [7, 11) is 1.66. The van der Waals surface area contributed by atoms with Crippen LogP contribution in [0, 0.1) is 0 Å². The molecule has 0 spiro atoms. The lowest BCUT2D eigenvalue weighted by molar-refractivity contribution is 0.262. The number of methoxy groups -OCH3 is 1. The van der Waals surface area contributed by atoms with Gasteiger partial charge in [0.05, 0.1) is 40.8 Å². The van der Waals surface area contributed by atoms with Crippen molar-refractivity contribution in [2.75, 3.05) is 59.7 Å². The van der Waals surface area contributed by atoms with E-state index in [1.54, 1.807) is 53.6 Å². The van der Waals surface area contributed by atoms with E-state index in [2.05, 4.69) is 46.4 Å². The molecule has 2 atom stereocenters. The summed E-state index contributed by atoms with van der Waals surface area (Å²) < 4.78 is 39.3. The summed E-state index contributed by atoms with van der Waals surface area (Å²) in [5.41, 5.74) is 3.47. The molecule has 0 radical (unpaired) electrons. The van der Waals surface area contributed by atoms with Crippen LogP contribution in [0.15, 0.2) is 85.1 Å². The largest absolute Gasteiger partial charge is 0.593 e. The zero-order chi connectivity index (χ0) is 37.1. The Morgan fingerprint density at radius 1 is 0.941 bits per heavy atom. The van der Waals surface area contributed by atoms with Crippen molar-refractivity contribution in [2.45, 2.75) is 26.2 Å². The molecule has 5 rings (SSSR count). The maximum atomic E-state index is 13.4. The van der Waals surface area contributed by atoms with Crippen LogP contribution in [0.3, 0.4) is 0 Å². The van der Waals surface area contributed by atoms with Gasteiger partial charge >= 0.3 is 6.03 Å². The molecule has 2 amide bonds. The normalized spacial score (nSPS) is 13.1. The van der Waals surface area contributed by atoms with Gasteiger partial charge in [0, 0.05) is 49.5 Å². The van der Waals surface area contributed by atoms with Gasteiger partial charge in [0.2, 0.25) is 7.37 Å². The van der Waals surface area contributed by atoms with E-state index in [0.717, 1.165) is 16.3 Å². The fourth-order valence-corrected chi connectivity index (χ4v) is 6.98. The Morgan fingerprint density at radius 2 is 1.63 bits per heavy atom. The Kier molecular flexibility index (Phi) is 11.1. The average molecular weight is 731 g/mol. The minimum Gasteiger partial charge on any atom is -0.593 e. The van der Waals surface area contributed by atoms with Gasteiger partial charge in [-0.05, 0) is 59.5 Å². The third kappa shape index (κ3) is 9.05. The molecule has 0 bridgehead atoms. The molecule has 0 aliphatic heterocycles. The second-order valence-corrected chi connectivity index (χ2v) is 16.6. The number of ether oxygens (including phenoxy) is 2. The number of fused-ring (bicyclic) bond motifs is 1. The maximum Gasteiger partial charge on any atom is 0.323 e. The number of amides is 2. The molecular weight excluding hydrogens is 687 g/mol. The Balaban J connectivity index is 1.38. The van der Waals surface area contributed by atoms with Crippen molar-refractivity contribution < 1.29 is 28.3 Å². The molecule has 5 N–H and O–H groups in total. The number of benzene rings is 4. The Hall–Kier alpha value is -4.94. The number of pyridine rings is 1. The van der Waals surface area contributed by atoms with Crippen LogP contribution in [0.5, 0.6) is 17.2 Å². The smallest absolute Gasteiger partial charge is 0.323 e. The average Bonchev–Trinajstić information content (AvgIpc) is 3.04. The molecule has 12 nitrogen and oxygen atoms in total. The first-order valence-corrected chi connectivity index (χ1v) is 19.7. The van der Waals surface area contributed by atoms with Crippen LogP contribution in [0.2, 0.25) is 0 Å². The van der Waals surface area contributed by atoms with Crippen molar-refractivity contribution in [2.24, 2.45) is 0 Å². The zero-order valence-corrected chi connectivity index (χ0v) is 31.5. The molecule has 0 fully saturated rings. The number of hydrogen-bond acceptors (Lipinski definition) is 9. The fourth-order valence-electron chi connectivity index (χ4n) is 5.48. The van der Waals surface area contributed by atoms with Crippen LogP contribution in [0.1, 0.15) is 26.3 Å². The molecule has 51 heavy (non-hydrogen) atoms. The van der Waals surface area contributed by atoms with Crippen LogP contribution in [0.25, 0.3) is 10.8 Å². The Labute approximate surface area is 301 Å². The number of aromatic nitrogens is 1. The van der Waals surface area contributed by atoms with Crippen molar-refractivity contribution in [3.63, 3.8) is 0 Å². The summed E-state index contributed by atoms with van der Waals surface area (Å²) in [6.45, 7) is 7.47. The van der Waals surface area contributed by atoms with E-state index in [0.29, 0.717) is 56.8 Å². The topological polar surface area (TPSA) is 160 Å². The van der Waals surface area contributed by atoms with Gasteiger partial charge in [-0.25, -0.2) is 14.5 Å². The van der Waals surface area contributed by atoms with Gasteiger partial charge in [0.25, 0.3) is 0 Å². The van der Waals surface area contributed by atoms with Crippen LogP contribution < -0.4 is 40.4 Å². The highest BCUT2D eigenvalue weighted by atomic mass is 32.2. The van der Waals surface area contributed by atoms with Gasteiger partial charge in [-0.1, -0.05) is 45.0 Å². The highest BCUT2D eigenvalue weighted by Gasteiger charge is 2.23. The summed E-state index contributed by atoms with van der Waals surface area (Å²) in [5, 5.41) is 11.0. The van der Waals surface area contributed by atoms with Crippen LogP contribution in [0.4, 0.5) is 39.0 Å². The monoisotopic (exact) mass is 730 g/mol. The molecule has 1 heterocycles. The number of nitrogens with zero attached hydrogens (tertiary/aromatic N) is 2. The van der Waals surface area contributed by atoms with Gasteiger partial charge in [0.1, 0.15) is 29.3 Å². The highest BCUT2D eigenvalue weighted by molar-refractivity contribution is 7.92. The van der Waals surface area contributed by atoms with Gasteiger partial charge in [0.15, 0.2) is 5.75 Å². The van der Waals surface area contributed by atoms with Gasteiger partial charge < -0.3 is 39.8 Å². The van der Waals surface area contributed by atoms with E-state index in [9.17, 15) is 18.8 Å². The first-order valence-electron chi connectivity index (χ1n) is 16.0. The molecule has 0 saturated carbocycles. The van der Waals surface area contributed by atoms with Crippen molar-refractivity contribution >= 4 is 75.1 Å². The molecule has 4 aromatic carbocycles. The van der Waals surface area contributed by atoms with E-state index in [1.807, 2.05) is 50.5 Å². The molecule has 2 unspecified atom stereocenters. The Bertz CT molecular complexity index is 2110. The summed E-state index contributed by atoms with van der Waals surface area (Å²) >= 11 is -1.36. The van der Waals surface area contributed by atoms with Crippen LogP contribution >= 0.6 is 7.37 Å². The summed E-state index contributed by atoms with van der Waals surface area (Å²) in [5.74, 6) is 1.97. The number of anilines is 6. The standard InChI is InChI=1S/C37H43N6O6PS/c1-37(2,3)23-19-29(35(48-6)30(20-23)42-51(8)47)41-36(44)40-28-14-15-32(27-12-10-9-11-26(27)28)49-25-17-18-38-34(22-25)39-24-13-16-33(50(7,45)46)31(21-24)43(4)5/h9-22,42H,1-8H3,(H,38,39)(H,45,46)(H2,40,41,44). The van der Waals surface area contributed by atoms with Crippen molar-refractivity contribution in [1.82, 2.24) is 4.98 Å². The molecule has 0 saturated heterocycles. The van der Waals surface area contributed by atoms with E-state index < -0.39 is 24.8 Å². The highest BCUT2D eigenvalue weighted by Crippen LogP contribution is 2.41. The first kappa shape index (κ1) is 37.3. The van der Waals surface area contributed by atoms with Crippen molar-refractivity contribution in [3.05, 3.63) is 90.6 Å². The SMILES string of the molecule is COc1c(NC(=O)Nc2ccc(Oc3ccnc(Nc4ccc(P(C)(=O)O)c(N(C)C)c4)c3)c3ccccc23)cc(C(C)(C)C)cc1N[S+](C)[O-]. The lowest BCUT2D eigenvalue weighted by Gasteiger charge is -2.24. The first-order chi connectivity index (χ1) is 24.0. The number of hydrogen-bond donors (Lipinski definition) is 5. The minimum absolute atomic E-state index is 0.258. The lowest BCUT2D eigenvalue weighted by Crippen LogP contribution is -2.22. The van der Waals surface area contributed by atoms with Crippen LogP contribution in [-0.4, -0.2) is 54.6 Å². The number of carbonyl (C=O) groups excluding carboxylic acids is 1. The number of nitrogens with one attached hydrogen (secondary N) is 4. The van der Waals surface area contributed by atoms with E-state index in [-0.39, 0.29) is 5.41 Å². The number of carbonyl (C=O) groups is 1. The van der Waals surface area contributed by atoms with Gasteiger partial charge in [-0.3, -0.25) is 4.57 Å². The maximum absolute atomic E-state index is 13.4. The molecule has 268 valence electrons. The van der Waals surface area contributed by atoms with Crippen molar-refractivity contribution in [1.29, 1.82) is 0 Å². The Morgan fingerprint density at radius 3 is 2.27 bits per heavy atom. The predicted octanol–water partition coefficient (Wildman–Crippen LogP) is 8.02. The van der Waals surface area contributed by atoms with Crippen LogP contribution in [-0.2, 0) is 21.3 Å². The summed E-state index contributed by atoms with van der Waals surface area (Å²) in [6, 6.07) is 23.0. The number of urea groups is 1. The fraction of sp³-hybridized carbons (Fsp3) is 0.243. The third-order valence-electron chi connectivity index (χ3n) is 7.93. The second kappa shape index (κ2) is 15.1. The van der Waals surface area contributed by atoms with E-state index in [1.165, 1.54) is 20.0 Å². The third-order valence-corrected chi connectivity index (χ3v) is 9.71. The minimum atomic E-state index is -3.47. The van der Waals surface area contributed by atoms with E-state index in [4.69, 9.17) is 9.47 Å². The quantitative estimate of drug-likeness (QED) is 0.0665. The van der Waals surface area contributed by atoms with Gasteiger partial charge in [-0.15, -0.1) is 0 Å². The van der Waals surface area contributed by atoms with E-state index >= 15 is 0 Å². The predicted molar refractivity (Wildman–Crippen MR) is 210 cm³/mol. The zero-order valence-electron chi connectivity index (χ0n) is 29.8. The molecule has 0 aliphatic carbocycles. The molecule has 14 heteroatoms. The lowest BCUT2D eigenvalue weighted by atomic mass is 9.86. The van der Waals surface area contributed by atoms with Gasteiger partial charge in [-0.2, -0.15) is 0 Å². The number of rotatable bonds is 11. The summed E-state index contributed by atoms with van der Waals surface area (Å²) in [6.07, 6.45) is 3.15. The molecular formula is C37H43N6O6PS. The summed E-state index contributed by atoms with van der Waals surface area (Å²) in [4.78, 5) is 29.9. The van der Waals surface area contributed by atoms with Crippen molar-refractivity contribution in [3.8, 4) is 17.2 Å². The molecule has 1 aromatic heterocycles. The molecule has 5 aromatic rings. The second-order valence-electron chi connectivity index (χ2n) is 13.2. The molecule has 0 aliphatic rings.